The molecule has 3 heteroatoms. The number of hydrogen-bond donors (Lipinski definition) is 1. The zero-order valence-electron chi connectivity index (χ0n) is 9.40. The third-order valence-electron chi connectivity index (χ3n) is 2.39. The molecule has 0 unspecified atom stereocenters. The molecule has 15 heavy (non-hydrogen) atoms. The van der Waals surface area contributed by atoms with Gasteiger partial charge in [0.1, 0.15) is 0 Å². The van der Waals surface area contributed by atoms with E-state index in [4.69, 9.17) is 15.2 Å². The van der Waals surface area contributed by atoms with E-state index in [1.54, 1.807) is 14.2 Å². The first-order valence-corrected chi connectivity index (χ1v) is 5.17. The molecule has 0 aliphatic heterocycles. The van der Waals surface area contributed by atoms with Gasteiger partial charge in [-0.15, -0.1) is 0 Å². The van der Waals surface area contributed by atoms with Crippen molar-refractivity contribution < 1.29 is 9.47 Å². The summed E-state index contributed by atoms with van der Waals surface area (Å²) in [6.45, 7) is 0.707. The van der Waals surface area contributed by atoms with Crippen molar-refractivity contribution in [1.29, 1.82) is 0 Å². The Labute approximate surface area is 91.2 Å². The number of methoxy groups -OCH3 is 2. The summed E-state index contributed by atoms with van der Waals surface area (Å²) < 4.78 is 10.5. The molecule has 2 N–H and O–H groups in total. The Bertz CT molecular complexity index is 285. The van der Waals surface area contributed by atoms with E-state index in [0.717, 1.165) is 18.4 Å². The second-order valence-corrected chi connectivity index (χ2v) is 3.39. The van der Waals surface area contributed by atoms with Crippen molar-refractivity contribution in [3.05, 3.63) is 35.4 Å². The molecule has 0 atom stereocenters. The standard InChI is InChI=1S/C12H19NO2/c1-14-12(15-2)11-8-4-3-6-10(11)7-5-9-13/h3-4,6,8,12H,5,7,9,13H2,1-2H3. The van der Waals surface area contributed by atoms with Gasteiger partial charge in [0.05, 0.1) is 0 Å². The van der Waals surface area contributed by atoms with Crippen LogP contribution in [0.15, 0.2) is 24.3 Å². The van der Waals surface area contributed by atoms with Gasteiger partial charge in [-0.25, -0.2) is 0 Å². The van der Waals surface area contributed by atoms with Crippen molar-refractivity contribution in [1.82, 2.24) is 0 Å². The summed E-state index contributed by atoms with van der Waals surface area (Å²) >= 11 is 0. The third-order valence-corrected chi connectivity index (χ3v) is 2.39. The van der Waals surface area contributed by atoms with Crippen molar-refractivity contribution >= 4 is 0 Å². The fourth-order valence-electron chi connectivity index (χ4n) is 1.63. The quantitative estimate of drug-likeness (QED) is 0.727. The highest BCUT2D eigenvalue weighted by Gasteiger charge is 2.12. The van der Waals surface area contributed by atoms with E-state index in [1.165, 1.54) is 5.56 Å². The van der Waals surface area contributed by atoms with Gasteiger partial charge in [0.2, 0.25) is 0 Å². The van der Waals surface area contributed by atoms with Crippen LogP contribution in [-0.2, 0) is 15.9 Å². The first-order valence-electron chi connectivity index (χ1n) is 5.17. The summed E-state index contributed by atoms with van der Waals surface area (Å²) in [5.74, 6) is 0. The van der Waals surface area contributed by atoms with E-state index in [-0.39, 0.29) is 6.29 Å². The van der Waals surface area contributed by atoms with E-state index >= 15 is 0 Å². The Balaban J connectivity index is 2.84. The van der Waals surface area contributed by atoms with Crippen molar-refractivity contribution in [3.63, 3.8) is 0 Å². The Hall–Kier alpha value is -0.900. The molecule has 0 aliphatic carbocycles. The van der Waals surface area contributed by atoms with Gasteiger partial charge in [0.25, 0.3) is 0 Å². The molecule has 0 aliphatic rings. The first-order chi connectivity index (χ1) is 7.33. The number of benzene rings is 1. The average molecular weight is 209 g/mol. The summed E-state index contributed by atoms with van der Waals surface area (Å²) in [4.78, 5) is 0. The van der Waals surface area contributed by atoms with Gasteiger partial charge in [-0.3, -0.25) is 0 Å². The van der Waals surface area contributed by atoms with Gasteiger partial charge < -0.3 is 15.2 Å². The Morgan fingerprint density at radius 1 is 1.20 bits per heavy atom. The van der Waals surface area contributed by atoms with Gasteiger partial charge in [-0.05, 0) is 24.9 Å². The summed E-state index contributed by atoms with van der Waals surface area (Å²) in [6.07, 6.45) is 1.67. The van der Waals surface area contributed by atoms with Crippen LogP contribution in [0.5, 0.6) is 0 Å². The lowest BCUT2D eigenvalue weighted by Gasteiger charge is -2.17. The van der Waals surface area contributed by atoms with E-state index in [9.17, 15) is 0 Å². The molecule has 0 radical (unpaired) electrons. The molecule has 0 saturated heterocycles. The van der Waals surface area contributed by atoms with Crippen molar-refractivity contribution in [2.75, 3.05) is 20.8 Å². The molecule has 0 amide bonds. The molecule has 1 aromatic carbocycles. The molecule has 0 fully saturated rings. The smallest absolute Gasteiger partial charge is 0.183 e. The summed E-state index contributed by atoms with van der Waals surface area (Å²) in [5.41, 5.74) is 7.85. The fraction of sp³-hybridized carbons (Fsp3) is 0.500. The van der Waals surface area contributed by atoms with Crippen LogP contribution in [0.25, 0.3) is 0 Å². The first kappa shape index (κ1) is 12.2. The zero-order chi connectivity index (χ0) is 11.1. The van der Waals surface area contributed by atoms with Crippen LogP contribution in [0.2, 0.25) is 0 Å². The number of rotatable bonds is 6. The average Bonchev–Trinajstić information content (AvgIpc) is 2.29. The van der Waals surface area contributed by atoms with Gasteiger partial charge in [-0.2, -0.15) is 0 Å². The zero-order valence-corrected chi connectivity index (χ0v) is 9.40. The normalized spacial score (nSPS) is 10.9. The number of nitrogens with two attached hydrogens (primary N) is 1. The molecular formula is C12H19NO2. The largest absolute Gasteiger partial charge is 0.352 e. The van der Waals surface area contributed by atoms with Gasteiger partial charge in [0, 0.05) is 19.8 Å². The number of ether oxygens (including phenoxy) is 2. The predicted octanol–water partition coefficient (Wildman–Crippen LogP) is 1.87. The summed E-state index contributed by atoms with van der Waals surface area (Å²) in [5, 5.41) is 0. The van der Waals surface area contributed by atoms with Crippen LogP contribution in [0.4, 0.5) is 0 Å². The molecule has 0 bridgehead atoms. The minimum absolute atomic E-state index is 0.279. The lowest BCUT2D eigenvalue weighted by molar-refractivity contribution is -0.106. The molecule has 0 spiro atoms. The van der Waals surface area contributed by atoms with Crippen molar-refractivity contribution in [3.8, 4) is 0 Å². The highest BCUT2D eigenvalue weighted by Crippen LogP contribution is 2.22. The van der Waals surface area contributed by atoms with Gasteiger partial charge in [-0.1, -0.05) is 24.3 Å². The maximum atomic E-state index is 5.51. The van der Waals surface area contributed by atoms with Gasteiger partial charge >= 0.3 is 0 Å². The minimum Gasteiger partial charge on any atom is -0.352 e. The summed E-state index contributed by atoms with van der Waals surface area (Å²) in [6, 6.07) is 8.14. The highest BCUT2D eigenvalue weighted by molar-refractivity contribution is 5.28. The SMILES string of the molecule is COC(OC)c1ccccc1CCCN. The van der Waals surface area contributed by atoms with Crippen LogP contribution in [0.1, 0.15) is 23.8 Å². The van der Waals surface area contributed by atoms with E-state index in [1.807, 2.05) is 18.2 Å². The molecule has 0 aromatic heterocycles. The third kappa shape index (κ3) is 3.30. The molecular weight excluding hydrogens is 190 g/mol. The van der Waals surface area contributed by atoms with Crippen molar-refractivity contribution in [2.45, 2.75) is 19.1 Å². The lowest BCUT2D eigenvalue weighted by Crippen LogP contribution is -2.08. The summed E-state index contributed by atoms with van der Waals surface area (Å²) in [7, 11) is 3.29. The second-order valence-electron chi connectivity index (χ2n) is 3.39. The molecule has 1 rings (SSSR count). The maximum absolute atomic E-state index is 5.51. The molecule has 0 heterocycles. The van der Waals surface area contributed by atoms with Crippen LogP contribution < -0.4 is 5.73 Å². The lowest BCUT2D eigenvalue weighted by atomic mass is 10.0. The van der Waals surface area contributed by atoms with E-state index in [0.29, 0.717) is 6.54 Å². The number of aryl methyl sites for hydroxylation is 1. The minimum atomic E-state index is -0.279. The highest BCUT2D eigenvalue weighted by atomic mass is 16.7. The molecule has 84 valence electrons. The van der Waals surface area contributed by atoms with Crippen LogP contribution >= 0.6 is 0 Å². The van der Waals surface area contributed by atoms with E-state index < -0.39 is 0 Å². The Kier molecular flexibility index (Phi) is 5.32. The predicted molar refractivity (Wildman–Crippen MR) is 60.6 cm³/mol. The molecule has 0 saturated carbocycles. The Morgan fingerprint density at radius 3 is 2.47 bits per heavy atom. The van der Waals surface area contributed by atoms with Crippen LogP contribution in [-0.4, -0.2) is 20.8 Å². The topological polar surface area (TPSA) is 44.5 Å². The van der Waals surface area contributed by atoms with Gasteiger partial charge in [0.15, 0.2) is 6.29 Å². The molecule has 3 nitrogen and oxygen atoms in total. The Morgan fingerprint density at radius 2 is 1.87 bits per heavy atom. The monoisotopic (exact) mass is 209 g/mol. The fourth-order valence-corrected chi connectivity index (χ4v) is 1.63. The maximum Gasteiger partial charge on any atom is 0.183 e. The van der Waals surface area contributed by atoms with Crippen LogP contribution in [0, 0.1) is 0 Å². The van der Waals surface area contributed by atoms with E-state index in [2.05, 4.69) is 6.07 Å². The van der Waals surface area contributed by atoms with Crippen molar-refractivity contribution in [2.24, 2.45) is 5.73 Å². The van der Waals surface area contributed by atoms with Crippen LogP contribution in [0.3, 0.4) is 0 Å². The molecule has 1 aromatic rings. The second kappa shape index (κ2) is 6.56. The number of hydrogen-bond acceptors (Lipinski definition) is 3.